The summed E-state index contributed by atoms with van der Waals surface area (Å²) in [6.07, 6.45) is 58.6. The minimum absolute atomic E-state index is 0.0155. The number of amides is 1. The number of aliphatic hydroxyl groups excluding tert-OH is 2. The molecule has 0 aliphatic heterocycles. The maximum absolute atomic E-state index is 12.4. The first-order valence-electron chi connectivity index (χ1n) is 25.8. The first-order chi connectivity index (χ1) is 29.0. The fraction of sp³-hybridized carbons (Fsp3) is 0.849. The van der Waals surface area contributed by atoms with Gasteiger partial charge in [0.1, 0.15) is 0 Å². The van der Waals surface area contributed by atoms with Gasteiger partial charge in [-0.25, -0.2) is 0 Å². The molecule has 0 radical (unpaired) electrons. The highest BCUT2D eigenvalue weighted by molar-refractivity contribution is 5.76. The highest BCUT2D eigenvalue weighted by atomic mass is 16.5. The molecule has 0 aromatic heterocycles. The Kier molecular flexibility index (Phi) is 47.2. The number of aliphatic hydroxyl groups is 2. The van der Waals surface area contributed by atoms with E-state index < -0.39 is 12.1 Å². The second-order valence-corrected chi connectivity index (χ2v) is 17.5. The normalized spacial score (nSPS) is 12.9. The van der Waals surface area contributed by atoms with E-state index in [-0.39, 0.29) is 18.5 Å². The number of allylic oxidation sites excluding steroid dienone is 5. The molecule has 0 aromatic rings. The van der Waals surface area contributed by atoms with Gasteiger partial charge in [0.2, 0.25) is 5.91 Å². The molecule has 0 saturated carbocycles. The molecule has 0 aliphatic rings. The van der Waals surface area contributed by atoms with E-state index in [2.05, 4.69) is 43.5 Å². The third kappa shape index (κ3) is 45.4. The number of esters is 1. The van der Waals surface area contributed by atoms with E-state index in [4.69, 9.17) is 4.74 Å². The number of unbranched alkanes of at least 4 members (excludes halogenated alkanes) is 32. The summed E-state index contributed by atoms with van der Waals surface area (Å²) in [6, 6.07) is -0.638. The van der Waals surface area contributed by atoms with Gasteiger partial charge in [-0.2, -0.15) is 0 Å². The van der Waals surface area contributed by atoms with Crippen LogP contribution in [-0.2, 0) is 14.3 Å². The number of rotatable bonds is 47. The summed E-state index contributed by atoms with van der Waals surface area (Å²) in [5.41, 5.74) is 0. The Labute approximate surface area is 366 Å². The van der Waals surface area contributed by atoms with Crippen LogP contribution >= 0.6 is 0 Å². The van der Waals surface area contributed by atoms with Crippen LogP contribution in [0.5, 0.6) is 0 Å². The molecule has 59 heavy (non-hydrogen) atoms. The third-order valence-electron chi connectivity index (χ3n) is 11.6. The van der Waals surface area contributed by atoms with Crippen molar-refractivity contribution in [2.24, 2.45) is 0 Å². The van der Waals surface area contributed by atoms with E-state index in [1.807, 2.05) is 6.08 Å². The van der Waals surface area contributed by atoms with Crippen molar-refractivity contribution in [2.75, 3.05) is 13.2 Å². The summed E-state index contributed by atoms with van der Waals surface area (Å²) in [6.45, 7) is 4.83. The van der Waals surface area contributed by atoms with Crippen molar-refractivity contribution in [3.8, 4) is 0 Å². The molecule has 0 saturated heterocycles. The van der Waals surface area contributed by atoms with Crippen LogP contribution in [0.4, 0.5) is 0 Å². The van der Waals surface area contributed by atoms with Gasteiger partial charge in [0.15, 0.2) is 0 Å². The summed E-state index contributed by atoms with van der Waals surface area (Å²) in [4.78, 5) is 24.4. The highest BCUT2D eigenvalue weighted by Crippen LogP contribution is 2.14. The molecule has 0 aliphatic carbocycles. The molecule has 3 N–H and O–H groups in total. The van der Waals surface area contributed by atoms with E-state index in [9.17, 15) is 19.8 Å². The summed E-state index contributed by atoms with van der Waals surface area (Å²) in [5, 5.41) is 22.9. The van der Waals surface area contributed by atoms with Gasteiger partial charge in [0, 0.05) is 12.8 Å². The van der Waals surface area contributed by atoms with Crippen LogP contribution < -0.4 is 5.32 Å². The van der Waals surface area contributed by atoms with E-state index in [0.717, 1.165) is 70.6 Å². The van der Waals surface area contributed by atoms with Gasteiger partial charge in [-0.3, -0.25) is 9.59 Å². The molecule has 1 amide bonds. The molecule has 6 heteroatoms. The Morgan fingerprint density at radius 3 is 1.20 bits per heavy atom. The van der Waals surface area contributed by atoms with Crippen LogP contribution in [0.3, 0.4) is 0 Å². The van der Waals surface area contributed by atoms with Crippen molar-refractivity contribution >= 4 is 11.9 Å². The van der Waals surface area contributed by atoms with Crippen LogP contribution in [0, 0.1) is 0 Å². The summed E-state index contributed by atoms with van der Waals surface area (Å²) >= 11 is 0. The predicted octanol–water partition coefficient (Wildman–Crippen LogP) is 15.3. The zero-order valence-electron chi connectivity index (χ0n) is 39.2. The molecule has 0 heterocycles. The van der Waals surface area contributed by atoms with Gasteiger partial charge < -0.3 is 20.3 Å². The first kappa shape index (κ1) is 57.1. The van der Waals surface area contributed by atoms with Crippen LogP contribution in [0.2, 0.25) is 0 Å². The molecule has 0 bridgehead atoms. The molecule has 2 atom stereocenters. The fourth-order valence-corrected chi connectivity index (χ4v) is 7.62. The Hall–Kier alpha value is -1.92. The van der Waals surface area contributed by atoms with Crippen molar-refractivity contribution in [1.29, 1.82) is 0 Å². The average molecular weight is 830 g/mol. The monoisotopic (exact) mass is 830 g/mol. The maximum atomic E-state index is 12.4. The largest absolute Gasteiger partial charge is 0.466 e. The van der Waals surface area contributed by atoms with Crippen molar-refractivity contribution in [1.82, 2.24) is 5.32 Å². The smallest absolute Gasteiger partial charge is 0.305 e. The number of hydrogen-bond donors (Lipinski definition) is 3. The Balaban J connectivity index is 3.48. The minimum atomic E-state index is -0.853. The van der Waals surface area contributed by atoms with Crippen molar-refractivity contribution in [3.63, 3.8) is 0 Å². The number of carbonyl (C=O) groups is 2. The van der Waals surface area contributed by atoms with E-state index >= 15 is 0 Å². The topological polar surface area (TPSA) is 95.9 Å². The molecular weight excluding hydrogens is 731 g/mol. The van der Waals surface area contributed by atoms with E-state index in [0.29, 0.717) is 19.4 Å². The van der Waals surface area contributed by atoms with Crippen LogP contribution in [0.1, 0.15) is 264 Å². The number of carbonyl (C=O) groups excluding carboxylic acids is 2. The third-order valence-corrected chi connectivity index (χ3v) is 11.6. The first-order valence-corrected chi connectivity index (χ1v) is 25.8. The highest BCUT2D eigenvalue weighted by Gasteiger charge is 2.18. The Bertz CT molecular complexity index is 962. The summed E-state index contributed by atoms with van der Waals surface area (Å²) in [7, 11) is 0. The number of nitrogens with one attached hydrogen (secondary N) is 1. The molecule has 346 valence electrons. The average Bonchev–Trinajstić information content (AvgIpc) is 3.24. The second kappa shape index (κ2) is 48.7. The van der Waals surface area contributed by atoms with Gasteiger partial charge >= 0.3 is 5.97 Å². The number of hydrogen-bond acceptors (Lipinski definition) is 5. The molecule has 2 unspecified atom stereocenters. The molecule has 6 nitrogen and oxygen atoms in total. The fourth-order valence-electron chi connectivity index (χ4n) is 7.62. The lowest BCUT2D eigenvalue weighted by molar-refractivity contribution is -0.143. The lowest BCUT2D eigenvalue weighted by atomic mass is 10.1. The lowest BCUT2D eigenvalue weighted by Gasteiger charge is -2.20. The molecular formula is C53H99NO5. The SMILES string of the molecule is CCCCCCCC/C=C\CCCCCCCCCC(=O)OCCCCCC/C=C\CCCCCCCCCC(=O)NC(CO)C(O)/C=C/CCCCCCCCCC. The standard InChI is InChI=1S/C53H99NO5/c1-3-5-7-9-11-13-15-16-17-18-21-24-27-31-35-39-43-47-53(58)59-48-44-40-36-32-28-25-22-19-20-23-26-30-34-38-42-46-52(57)54-50(49-55)51(56)45-41-37-33-29-14-12-10-8-6-4-2/h16-17,22,25,41,45,50-51,55-56H,3-15,18-21,23-24,26-40,42-44,46-49H2,1-2H3,(H,54,57)/b17-16-,25-22-,45-41+. The summed E-state index contributed by atoms with van der Waals surface area (Å²) in [5.74, 6) is -0.102. The lowest BCUT2D eigenvalue weighted by Crippen LogP contribution is -2.45. The van der Waals surface area contributed by atoms with Gasteiger partial charge in [0.25, 0.3) is 0 Å². The summed E-state index contributed by atoms with van der Waals surface area (Å²) < 4.78 is 5.46. The van der Waals surface area contributed by atoms with E-state index in [1.54, 1.807) is 6.08 Å². The van der Waals surface area contributed by atoms with Crippen LogP contribution in [0.25, 0.3) is 0 Å². The zero-order valence-corrected chi connectivity index (χ0v) is 39.2. The molecule has 0 spiro atoms. The molecule has 0 aromatic carbocycles. The van der Waals surface area contributed by atoms with Gasteiger partial charge in [0.05, 0.1) is 25.4 Å². The van der Waals surface area contributed by atoms with Gasteiger partial charge in [-0.1, -0.05) is 204 Å². The maximum Gasteiger partial charge on any atom is 0.305 e. The Morgan fingerprint density at radius 1 is 0.458 bits per heavy atom. The van der Waals surface area contributed by atoms with Crippen LogP contribution in [-0.4, -0.2) is 47.4 Å². The quantitative estimate of drug-likeness (QED) is 0.0323. The van der Waals surface area contributed by atoms with Gasteiger partial charge in [-0.05, 0) is 83.5 Å². The molecule has 0 fully saturated rings. The zero-order chi connectivity index (χ0) is 43.0. The van der Waals surface area contributed by atoms with Crippen molar-refractivity contribution < 1.29 is 24.5 Å². The van der Waals surface area contributed by atoms with Crippen molar-refractivity contribution in [2.45, 2.75) is 276 Å². The minimum Gasteiger partial charge on any atom is -0.466 e. The van der Waals surface area contributed by atoms with Gasteiger partial charge in [-0.15, -0.1) is 0 Å². The molecule has 0 rings (SSSR count). The van der Waals surface area contributed by atoms with E-state index in [1.165, 1.54) is 167 Å². The van der Waals surface area contributed by atoms with Crippen LogP contribution in [0.15, 0.2) is 36.5 Å². The predicted molar refractivity (Wildman–Crippen MR) is 255 cm³/mol. The second-order valence-electron chi connectivity index (χ2n) is 17.5. The van der Waals surface area contributed by atoms with Crippen molar-refractivity contribution in [3.05, 3.63) is 36.5 Å². The number of ether oxygens (including phenoxy) is 1. The Morgan fingerprint density at radius 2 is 0.797 bits per heavy atom.